The number of ether oxygens (including phenoxy) is 2. The minimum Gasteiger partial charge on any atom is -0.383 e. The second-order valence-corrected chi connectivity index (χ2v) is 4.05. The van der Waals surface area contributed by atoms with Crippen LogP contribution in [0.25, 0.3) is 0 Å². The molecule has 0 amide bonds. The molecule has 2 aliphatic heterocycles. The SMILES string of the molecule is OC1CC2C=C[C@@]3(O)CO[C@@H](O1)C23. The van der Waals surface area contributed by atoms with E-state index >= 15 is 0 Å². The van der Waals surface area contributed by atoms with Gasteiger partial charge in [0, 0.05) is 6.42 Å². The summed E-state index contributed by atoms with van der Waals surface area (Å²) < 4.78 is 10.5. The van der Waals surface area contributed by atoms with Crippen LogP contribution in [0, 0.1) is 11.8 Å². The summed E-state index contributed by atoms with van der Waals surface area (Å²) in [5.74, 6) is 0.178. The van der Waals surface area contributed by atoms with Crippen molar-refractivity contribution in [3.05, 3.63) is 12.2 Å². The van der Waals surface area contributed by atoms with Crippen molar-refractivity contribution in [1.82, 2.24) is 0 Å². The van der Waals surface area contributed by atoms with Crippen molar-refractivity contribution in [1.29, 1.82) is 0 Å². The summed E-state index contributed by atoms with van der Waals surface area (Å²) >= 11 is 0. The molecule has 2 saturated heterocycles. The van der Waals surface area contributed by atoms with Gasteiger partial charge in [-0.2, -0.15) is 0 Å². The highest BCUT2D eigenvalue weighted by Gasteiger charge is 2.57. The maximum absolute atomic E-state index is 10.0. The molecule has 0 bridgehead atoms. The molecule has 0 radical (unpaired) electrons. The smallest absolute Gasteiger partial charge is 0.167 e. The van der Waals surface area contributed by atoms with Crippen molar-refractivity contribution >= 4 is 0 Å². The van der Waals surface area contributed by atoms with Crippen LogP contribution in [0.1, 0.15) is 6.42 Å². The summed E-state index contributed by atoms with van der Waals surface area (Å²) in [5, 5.41) is 19.4. The van der Waals surface area contributed by atoms with E-state index in [4.69, 9.17) is 9.47 Å². The van der Waals surface area contributed by atoms with Crippen molar-refractivity contribution < 1.29 is 19.7 Å². The topological polar surface area (TPSA) is 58.9 Å². The van der Waals surface area contributed by atoms with Crippen LogP contribution in [-0.2, 0) is 9.47 Å². The lowest BCUT2D eigenvalue weighted by Gasteiger charge is -2.34. The normalized spacial score (nSPS) is 58.3. The Kier molecular flexibility index (Phi) is 1.42. The highest BCUT2D eigenvalue weighted by molar-refractivity contribution is 5.20. The number of hydrogen-bond acceptors (Lipinski definition) is 4. The van der Waals surface area contributed by atoms with E-state index in [2.05, 4.69) is 0 Å². The lowest BCUT2D eigenvalue weighted by atomic mass is 9.83. The molecule has 1 aliphatic carbocycles. The Bertz CT molecular complexity index is 264. The minimum atomic E-state index is -0.852. The first kappa shape index (κ1) is 7.94. The number of aliphatic hydroxyl groups is 2. The summed E-state index contributed by atoms with van der Waals surface area (Å²) in [6, 6.07) is 0. The van der Waals surface area contributed by atoms with Crippen LogP contribution >= 0.6 is 0 Å². The van der Waals surface area contributed by atoms with Crippen LogP contribution in [0.3, 0.4) is 0 Å². The van der Waals surface area contributed by atoms with Gasteiger partial charge >= 0.3 is 0 Å². The standard InChI is InChI=1S/C9H12O4/c10-6-3-5-1-2-9(11)4-12-8(13-6)7(5)9/h1-2,5-8,10-11H,3-4H2/t5?,6?,7?,8-,9+/m0/s1. The van der Waals surface area contributed by atoms with E-state index in [0.29, 0.717) is 6.42 Å². The monoisotopic (exact) mass is 184 g/mol. The molecule has 0 aromatic rings. The van der Waals surface area contributed by atoms with Gasteiger partial charge in [-0.3, -0.25) is 0 Å². The molecule has 0 aromatic heterocycles. The fraction of sp³-hybridized carbons (Fsp3) is 0.778. The molecule has 2 fully saturated rings. The Hall–Kier alpha value is -0.420. The molecule has 13 heavy (non-hydrogen) atoms. The maximum atomic E-state index is 10.0. The molecule has 72 valence electrons. The predicted molar refractivity (Wildman–Crippen MR) is 42.5 cm³/mol. The number of aliphatic hydroxyl groups excluding tert-OH is 1. The van der Waals surface area contributed by atoms with Gasteiger partial charge in [0.15, 0.2) is 12.6 Å². The second kappa shape index (κ2) is 2.33. The second-order valence-electron chi connectivity index (χ2n) is 4.05. The van der Waals surface area contributed by atoms with Gasteiger partial charge < -0.3 is 19.7 Å². The molecule has 0 spiro atoms. The van der Waals surface area contributed by atoms with Gasteiger partial charge in [0.1, 0.15) is 5.60 Å². The number of hydrogen-bond donors (Lipinski definition) is 2. The van der Waals surface area contributed by atoms with Gasteiger partial charge in [-0.25, -0.2) is 0 Å². The van der Waals surface area contributed by atoms with Crippen LogP contribution < -0.4 is 0 Å². The molecular formula is C9H12O4. The highest BCUT2D eigenvalue weighted by Crippen LogP contribution is 2.48. The van der Waals surface area contributed by atoms with Gasteiger partial charge in [-0.1, -0.05) is 12.2 Å². The summed E-state index contributed by atoms with van der Waals surface area (Å²) in [4.78, 5) is 0. The maximum Gasteiger partial charge on any atom is 0.167 e. The van der Waals surface area contributed by atoms with E-state index in [1.807, 2.05) is 6.08 Å². The molecule has 2 N–H and O–H groups in total. The molecular weight excluding hydrogens is 172 g/mol. The third-order valence-electron chi connectivity index (χ3n) is 3.21. The Labute approximate surface area is 75.8 Å². The Morgan fingerprint density at radius 3 is 3.15 bits per heavy atom. The predicted octanol–water partition coefficient (Wildman–Crippen LogP) is -0.385. The van der Waals surface area contributed by atoms with Crippen LogP contribution in [0.15, 0.2) is 12.2 Å². The van der Waals surface area contributed by atoms with E-state index in [0.717, 1.165) is 0 Å². The van der Waals surface area contributed by atoms with E-state index in [9.17, 15) is 10.2 Å². The zero-order chi connectivity index (χ0) is 9.05. The molecule has 3 rings (SSSR count). The van der Waals surface area contributed by atoms with E-state index in [1.165, 1.54) is 0 Å². The van der Waals surface area contributed by atoms with Gasteiger partial charge in [0.2, 0.25) is 0 Å². The third kappa shape index (κ3) is 0.942. The molecule has 5 atom stereocenters. The number of rotatable bonds is 0. The van der Waals surface area contributed by atoms with E-state index in [-0.39, 0.29) is 18.4 Å². The molecule has 3 unspecified atom stereocenters. The largest absolute Gasteiger partial charge is 0.383 e. The van der Waals surface area contributed by atoms with E-state index < -0.39 is 18.2 Å². The first-order chi connectivity index (χ1) is 6.19. The molecule has 2 heterocycles. The molecule has 0 saturated carbocycles. The summed E-state index contributed by atoms with van der Waals surface area (Å²) in [7, 11) is 0. The average molecular weight is 184 g/mol. The molecule has 4 heteroatoms. The quantitative estimate of drug-likeness (QED) is 0.504. The third-order valence-corrected chi connectivity index (χ3v) is 3.21. The van der Waals surface area contributed by atoms with Crippen molar-refractivity contribution in [3.63, 3.8) is 0 Å². The lowest BCUT2D eigenvalue weighted by Crippen LogP contribution is -2.44. The van der Waals surface area contributed by atoms with Gasteiger partial charge in [-0.15, -0.1) is 0 Å². The zero-order valence-electron chi connectivity index (χ0n) is 7.09. The fourth-order valence-corrected chi connectivity index (χ4v) is 2.59. The first-order valence-electron chi connectivity index (χ1n) is 4.56. The molecule has 4 nitrogen and oxygen atoms in total. The summed E-state index contributed by atoms with van der Waals surface area (Å²) in [6.07, 6.45) is 3.11. The van der Waals surface area contributed by atoms with Crippen LogP contribution in [-0.4, -0.2) is 35.0 Å². The summed E-state index contributed by atoms with van der Waals surface area (Å²) in [6.45, 7) is 0.280. The van der Waals surface area contributed by atoms with Crippen LogP contribution in [0.5, 0.6) is 0 Å². The lowest BCUT2D eigenvalue weighted by molar-refractivity contribution is -0.257. The van der Waals surface area contributed by atoms with E-state index in [1.54, 1.807) is 6.08 Å². The van der Waals surface area contributed by atoms with Gasteiger partial charge in [0.25, 0.3) is 0 Å². The Morgan fingerprint density at radius 1 is 1.46 bits per heavy atom. The number of allylic oxidation sites excluding steroid dienone is 1. The van der Waals surface area contributed by atoms with Gasteiger partial charge in [0.05, 0.1) is 12.5 Å². The molecule has 0 aromatic carbocycles. The van der Waals surface area contributed by atoms with Crippen molar-refractivity contribution in [2.24, 2.45) is 11.8 Å². The van der Waals surface area contributed by atoms with Crippen LogP contribution in [0.4, 0.5) is 0 Å². The first-order valence-corrected chi connectivity index (χ1v) is 4.56. The molecule has 3 aliphatic rings. The van der Waals surface area contributed by atoms with Crippen molar-refractivity contribution in [2.45, 2.75) is 24.6 Å². The zero-order valence-corrected chi connectivity index (χ0v) is 7.09. The highest BCUT2D eigenvalue weighted by atomic mass is 16.7. The minimum absolute atomic E-state index is 0.0177. The van der Waals surface area contributed by atoms with Gasteiger partial charge in [-0.05, 0) is 5.92 Å². The fourth-order valence-electron chi connectivity index (χ4n) is 2.59. The van der Waals surface area contributed by atoms with Crippen molar-refractivity contribution in [2.75, 3.05) is 6.61 Å². The van der Waals surface area contributed by atoms with Crippen molar-refractivity contribution in [3.8, 4) is 0 Å². The van der Waals surface area contributed by atoms with Crippen LogP contribution in [0.2, 0.25) is 0 Å². The Morgan fingerprint density at radius 2 is 2.31 bits per heavy atom. The Balaban J connectivity index is 1.95. The summed E-state index contributed by atoms with van der Waals surface area (Å²) in [5.41, 5.74) is -0.852. The average Bonchev–Trinajstić information content (AvgIpc) is 2.56.